The Labute approximate surface area is 154 Å². The van der Waals surface area contributed by atoms with Crippen LogP contribution in [0.5, 0.6) is 0 Å². The van der Waals surface area contributed by atoms with E-state index in [0.29, 0.717) is 16.6 Å². The number of nitrogens with zero attached hydrogens (tertiary/aromatic N) is 1. The molecule has 3 aromatic rings. The summed E-state index contributed by atoms with van der Waals surface area (Å²) in [7, 11) is 0. The number of para-hydroxylation sites is 1. The van der Waals surface area contributed by atoms with E-state index in [1.807, 2.05) is 18.2 Å². The van der Waals surface area contributed by atoms with Crippen LogP contribution in [0.1, 0.15) is 19.4 Å². The lowest BCUT2D eigenvalue weighted by Crippen LogP contribution is -2.19. The van der Waals surface area contributed by atoms with Gasteiger partial charge in [-0.1, -0.05) is 38.1 Å². The molecule has 0 aliphatic carbocycles. The van der Waals surface area contributed by atoms with Crippen molar-refractivity contribution in [1.29, 1.82) is 0 Å². The molecule has 0 bridgehead atoms. The molecule has 4 nitrogen and oxygen atoms in total. The molecule has 0 aliphatic rings. The van der Waals surface area contributed by atoms with Gasteiger partial charge < -0.3 is 11.1 Å². The molecule has 2 aromatic carbocycles. The van der Waals surface area contributed by atoms with Gasteiger partial charge in [-0.2, -0.15) is 13.2 Å². The number of carbonyl (C=O) groups excluding carboxylic acids is 1. The molecule has 27 heavy (non-hydrogen) atoms. The molecule has 0 spiro atoms. The van der Waals surface area contributed by atoms with E-state index < -0.39 is 11.7 Å². The highest BCUT2D eigenvalue weighted by Gasteiger charge is 2.31. The first-order valence-corrected chi connectivity index (χ1v) is 8.34. The number of anilines is 2. The number of benzene rings is 2. The number of halogens is 3. The number of fused-ring (bicyclic) bond motifs is 1. The van der Waals surface area contributed by atoms with Crippen LogP contribution in [0, 0.1) is 5.92 Å². The molecule has 1 aromatic heterocycles. The van der Waals surface area contributed by atoms with Crippen molar-refractivity contribution in [2.24, 2.45) is 5.92 Å². The third-order valence-electron chi connectivity index (χ3n) is 4.17. The highest BCUT2D eigenvalue weighted by molar-refractivity contribution is 5.99. The molecule has 3 N–H and O–H groups in total. The zero-order chi connectivity index (χ0) is 19.8. The van der Waals surface area contributed by atoms with Crippen LogP contribution in [0.4, 0.5) is 24.7 Å². The first-order chi connectivity index (χ1) is 12.7. The molecule has 0 saturated heterocycles. The normalized spacial score (nSPS) is 11.8. The van der Waals surface area contributed by atoms with Gasteiger partial charge in [-0.25, -0.2) is 4.98 Å². The molecule has 140 valence electrons. The molecule has 1 heterocycles. The van der Waals surface area contributed by atoms with Crippen LogP contribution in [-0.4, -0.2) is 10.9 Å². The maximum absolute atomic E-state index is 13.1. The summed E-state index contributed by atoms with van der Waals surface area (Å²) in [5.74, 6) is -0.601. The van der Waals surface area contributed by atoms with Crippen LogP contribution >= 0.6 is 0 Å². The fourth-order valence-electron chi connectivity index (χ4n) is 2.68. The number of hydrogen-bond acceptors (Lipinski definition) is 3. The molecule has 1 amide bonds. The van der Waals surface area contributed by atoms with E-state index in [-0.39, 0.29) is 23.3 Å². The molecule has 0 radical (unpaired) electrons. The Morgan fingerprint density at radius 3 is 2.44 bits per heavy atom. The Kier molecular flexibility index (Phi) is 4.78. The Balaban J connectivity index is 2.19. The minimum absolute atomic E-state index is 0.0484. The number of pyridine rings is 1. The summed E-state index contributed by atoms with van der Waals surface area (Å²) in [6.07, 6.45) is -4.52. The standard InChI is InChI=1S/C20H18F3N3O/c1-11(2)19(27)26-17-10-13(20(21,22)23)7-8-14(17)15-9-12-5-3-4-6-16(12)25-18(15)24/h3-11H,1-2H3,(H2,24,25)(H,26,27). The van der Waals surface area contributed by atoms with E-state index in [1.54, 1.807) is 26.0 Å². The zero-order valence-electron chi connectivity index (χ0n) is 14.8. The van der Waals surface area contributed by atoms with E-state index in [0.717, 1.165) is 17.5 Å². The Morgan fingerprint density at radius 1 is 1.07 bits per heavy atom. The van der Waals surface area contributed by atoms with E-state index in [4.69, 9.17) is 5.73 Å². The predicted octanol–water partition coefficient (Wildman–Crippen LogP) is 5.10. The van der Waals surface area contributed by atoms with E-state index in [1.165, 1.54) is 6.07 Å². The van der Waals surface area contributed by atoms with Crippen LogP contribution in [-0.2, 0) is 11.0 Å². The smallest absolute Gasteiger partial charge is 0.383 e. The SMILES string of the molecule is CC(C)C(=O)Nc1cc(C(F)(F)F)ccc1-c1cc2ccccc2nc1N. The van der Waals surface area contributed by atoms with Crippen molar-refractivity contribution in [3.8, 4) is 11.1 Å². The highest BCUT2D eigenvalue weighted by atomic mass is 19.4. The summed E-state index contributed by atoms with van der Waals surface area (Å²) in [5.41, 5.74) is 6.78. The summed E-state index contributed by atoms with van der Waals surface area (Å²) in [6.45, 7) is 3.32. The van der Waals surface area contributed by atoms with E-state index in [2.05, 4.69) is 10.3 Å². The third kappa shape index (κ3) is 3.86. The van der Waals surface area contributed by atoms with Crippen molar-refractivity contribution < 1.29 is 18.0 Å². The number of nitrogen functional groups attached to an aromatic ring is 1. The minimum Gasteiger partial charge on any atom is -0.383 e. The number of hydrogen-bond donors (Lipinski definition) is 2. The van der Waals surface area contributed by atoms with Gasteiger partial charge in [0.2, 0.25) is 5.91 Å². The number of carbonyl (C=O) groups is 1. The molecule has 0 fully saturated rings. The predicted molar refractivity (Wildman–Crippen MR) is 100 cm³/mol. The number of alkyl halides is 3. The van der Waals surface area contributed by atoms with Crippen LogP contribution in [0.15, 0.2) is 48.5 Å². The van der Waals surface area contributed by atoms with Gasteiger partial charge in [0.25, 0.3) is 0 Å². The molecule has 7 heteroatoms. The average Bonchev–Trinajstić information content (AvgIpc) is 2.60. The lowest BCUT2D eigenvalue weighted by Gasteiger charge is -2.17. The fraction of sp³-hybridized carbons (Fsp3) is 0.200. The Morgan fingerprint density at radius 2 is 1.78 bits per heavy atom. The summed E-state index contributed by atoms with van der Waals surface area (Å²) >= 11 is 0. The molecule has 0 aliphatic heterocycles. The summed E-state index contributed by atoms with van der Waals surface area (Å²) < 4.78 is 39.4. The quantitative estimate of drug-likeness (QED) is 0.671. The van der Waals surface area contributed by atoms with Crippen LogP contribution < -0.4 is 11.1 Å². The molecule has 0 saturated carbocycles. The monoisotopic (exact) mass is 373 g/mol. The number of rotatable bonds is 3. The molecular formula is C20H18F3N3O. The van der Waals surface area contributed by atoms with Crippen molar-refractivity contribution in [3.05, 3.63) is 54.1 Å². The number of nitrogens with two attached hydrogens (primary N) is 1. The molecule has 0 atom stereocenters. The fourth-order valence-corrected chi connectivity index (χ4v) is 2.68. The summed E-state index contributed by atoms with van der Waals surface area (Å²) in [4.78, 5) is 16.4. The Hall–Kier alpha value is -3.09. The maximum Gasteiger partial charge on any atom is 0.416 e. The van der Waals surface area contributed by atoms with E-state index in [9.17, 15) is 18.0 Å². The molecular weight excluding hydrogens is 355 g/mol. The topological polar surface area (TPSA) is 68.0 Å². The second kappa shape index (κ2) is 6.90. The lowest BCUT2D eigenvalue weighted by atomic mass is 9.99. The first kappa shape index (κ1) is 18.7. The largest absolute Gasteiger partial charge is 0.416 e. The van der Waals surface area contributed by atoms with Crippen molar-refractivity contribution in [2.75, 3.05) is 11.1 Å². The van der Waals surface area contributed by atoms with Gasteiger partial charge in [0.05, 0.1) is 11.1 Å². The number of aromatic nitrogens is 1. The van der Waals surface area contributed by atoms with Gasteiger partial charge in [-0.3, -0.25) is 4.79 Å². The van der Waals surface area contributed by atoms with Gasteiger partial charge in [0.15, 0.2) is 0 Å². The second-order valence-electron chi connectivity index (χ2n) is 6.52. The second-order valence-corrected chi connectivity index (χ2v) is 6.52. The maximum atomic E-state index is 13.1. The van der Waals surface area contributed by atoms with E-state index >= 15 is 0 Å². The Bertz CT molecular complexity index is 1010. The van der Waals surface area contributed by atoms with Crippen LogP contribution in [0.2, 0.25) is 0 Å². The average molecular weight is 373 g/mol. The number of nitrogens with one attached hydrogen (secondary N) is 1. The molecule has 3 rings (SSSR count). The highest BCUT2D eigenvalue weighted by Crippen LogP contribution is 2.38. The van der Waals surface area contributed by atoms with Gasteiger partial charge in [0.1, 0.15) is 5.82 Å². The van der Waals surface area contributed by atoms with Gasteiger partial charge in [-0.05, 0) is 24.3 Å². The van der Waals surface area contributed by atoms with Crippen LogP contribution in [0.25, 0.3) is 22.0 Å². The van der Waals surface area contributed by atoms with Crippen molar-refractivity contribution in [2.45, 2.75) is 20.0 Å². The van der Waals surface area contributed by atoms with Crippen molar-refractivity contribution in [3.63, 3.8) is 0 Å². The van der Waals surface area contributed by atoms with Gasteiger partial charge in [-0.15, -0.1) is 0 Å². The molecule has 0 unspecified atom stereocenters. The first-order valence-electron chi connectivity index (χ1n) is 8.34. The van der Waals surface area contributed by atoms with Crippen LogP contribution in [0.3, 0.4) is 0 Å². The minimum atomic E-state index is -4.52. The zero-order valence-corrected chi connectivity index (χ0v) is 14.8. The van der Waals surface area contributed by atoms with Crippen molar-refractivity contribution in [1.82, 2.24) is 4.98 Å². The van der Waals surface area contributed by atoms with Crippen molar-refractivity contribution >= 4 is 28.3 Å². The van der Waals surface area contributed by atoms with Gasteiger partial charge >= 0.3 is 6.18 Å². The van der Waals surface area contributed by atoms with Gasteiger partial charge in [0, 0.05) is 28.1 Å². The lowest BCUT2D eigenvalue weighted by molar-refractivity contribution is -0.137. The third-order valence-corrected chi connectivity index (χ3v) is 4.17. The summed E-state index contributed by atoms with van der Waals surface area (Å²) in [5, 5.41) is 3.37. The number of amides is 1. The summed E-state index contributed by atoms with van der Waals surface area (Å²) in [6, 6.07) is 12.2.